The van der Waals surface area contributed by atoms with Crippen LogP contribution in [0.15, 0.2) is 78.9 Å². The second-order valence-electron chi connectivity index (χ2n) is 9.16. The van der Waals surface area contributed by atoms with Crippen molar-refractivity contribution in [1.82, 2.24) is 9.88 Å². The Hall–Kier alpha value is -3.86. The second kappa shape index (κ2) is 9.79. The first-order valence-corrected chi connectivity index (χ1v) is 12.3. The van der Waals surface area contributed by atoms with Crippen LogP contribution < -0.4 is 9.64 Å². The Morgan fingerprint density at radius 3 is 2.54 bits per heavy atom. The summed E-state index contributed by atoms with van der Waals surface area (Å²) in [6.07, 6.45) is 0. The van der Waals surface area contributed by atoms with Crippen LogP contribution in [0.1, 0.15) is 29.8 Å². The van der Waals surface area contributed by atoms with Gasteiger partial charge in [0.25, 0.3) is 5.91 Å². The molecule has 2 heterocycles. The molecule has 1 aliphatic heterocycles. The first-order chi connectivity index (χ1) is 17.0. The summed E-state index contributed by atoms with van der Waals surface area (Å²) in [6.45, 7) is 9.08. The highest BCUT2D eigenvalue weighted by Crippen LogP contribution is 2.29. The van der Waals surface area contributed by atoms with Crippen LogP contribution in [0.25, 0.3) is 22.2 Å². The lowest BCUT2D eigenvalue weighted by atomic mass is 10.0. The van der Waals surface area contributed by atoms with Crippen molar-refractivity contribution in [3.05, 3.63) is 90.0 Å². The first-order valence-electron chi connectivity index (χ1n) is 12.3. The van der Waals surface area contributed by atoms with Crippen molar-refractivity contribution in [3.8, 4) is 17.0 Å². The molecule has 0 N–H and O–H groups in total. The highest BCUT2D eigenvalue weighted by Gasteiger charge is 2.28. The highest BCUT2D eigenvalue weighted by atomic mass is 16.5. The van der Waals surface area contributed by atoms with E-state index >= 15 is 0 Å². The number of nitrogens with zero attached hydrogens (tertiary/aromatic N) is 3. The van der Waals surface area contributed by atoms with Gasteiger partial charge in [0.1, 0.15) is 5.75 Å². The van der Waals surface area contributed by atoms with Gasteiger partial charge in [-0.25, -0.2) is 4.98 Å². The number of aryl methyl sites for hydroxylation is 1. The number of anilines is 1. The summed E-state index contributed by atoms with van der Waals surface area (Å²) in [4.78, 5) is 23.1. The van der Waals surface area contributed by atoms with E-state index in [0.717, 1.165) is 34.5 Å². The zero-order chi connectivity index (χ0) is 24.4. The number of carbonyl (C=O) groups is 1. The standard InChI is InChI=1S/C30H31N3O2/c1-4-35-25-14-12-23(13-15-25)29-19-27(26-10-5-6-11-28(26)31-29)30(34)32-16-17-33(22(3)20-32)24-9-7-8-21(2)18-24/h5-15,18-19,22H,4,16-17,20H2,1-3H3/t22-/m1/s1. The Balaban J connectivity index is 1.44. The number of hydrogen-bond acceptors (Lipinski definition) is 4. The molecule has 5 rings (SSSR count). The Morgan fingerprint density at radius 1 is 1.00 bits per heavy atom. The van der Waals surface area contributed by atoms with E-state index in [9.17, 15) is 4.79 Å². The lowest BCUT2D eigenvalue weighted by Crippen LogP contribution is -2.53. The first kappa shape index (κ1) is 22.9. The number of rotatable bonds is 5. The minimum Gasteiger partial charge on any atom is -0.494 e. The SMILES string of the molecule is CCOc1ccc(-c2cc(C(=O)N3CCN(c4cccc(C)c4)[C@H](C)C3)c3ccccc3n2)cc1. The topological polar surface area (TPSA) is 45.7 Å². The normalized spacial score (nSPS) is 15.9. The second-order valence-corrected chi connectivity index (χ2v) is 9.16. The Bertz CT molecular complexity index is 1350. The third-order valence-corrected chi connectivity index (χ3v) is 6.66. The Kier molecular flexibility index (Phi) is 6.41. The summed E-state index contributed by atoms with van der Waals surface area (Å²) < 4.78 is 5.58. The largest absolute Gasteiger partial charge is 0.494 e. The van der Waals surface area contributed by atoms with Gasteiger partial charge in [0.15, 0.2) is 0 Å². The molecule has 0 radical (unpaired) electrons. The molecular formula is C30H31N3O2. The van der Waals surface area contributed by atoms with Gasteiger partial charge in [-0.2, -0.15) is 0 Å². The molecule has 0 bridgehead atoms. The number of amides is 1. The van der Waals surface area contributed by atoms with Crippen molar-refractivity contribution < 1.29 is 9.53 Å². The molecule has 0 unspecified atom stereocenters. The van der Waals surface area contributed by atoms with Crippen LogP contribution in [0, 0.1) is 6.92 Å². The Labute approximate surface area is 207 Å². The minimum absolute atomic E-state index is 0.0616. The maximum absolute atomic E-state index is 13.8. The molecule has 3 aromatic carbocycles. The summed E-state index contributed by atoms with van der Waals surface area (Å²) >= 11 is 0. The summed E-state index contributed by atoms with van der Waals surface area (Å²) in [5.74, 6) is 0.889. The van der Waals surface area contributed by atoms with E-state index in [1.165, 1.54) is 11.3 Å². The molecule has 1 aromatic heterocycles. The van der Waals surface area contributed by atoms with Crippen molar-refractivity contribution in [1.29, 1.82) is 0 Å². The molecule has 1 atom stereocenters. The molecule has 0 spiro atoms. The summed E-state index contributed by atoms with van der Waals surface area (Å²) in [5, 5.41) is 0.890. The van der Waals surface area contributed by atoms with E-state index in [0.29, 0.717) is 25.3 Å². The zero-order valence-corrected chi connectivity index (χ0v) is 20.6. The van der Waals surface area contributed by atoms with Gasteiger partial charge in [0.05, 0.1) is 23.4 Å². The van der Waals surface area contributed by atoms with Crippen LogP contribution in [0.4, 0.5) is 5.69 Å². The van der Waals surface area contributed by atoms with E-state index < -0.39 is 0 Å². The van der Waals surface area contributed by atoms with Crippen LogP contribution in [0.3, 0.4) is 0 Å². The molecule has 4 aromatic rings. The number of benzene rings is 3. The third kappa shape index (κ3) is 4.72. The summed E-state index contributed by atoms with van der Waals surface area (Å²) in [7, 11) is 0. The van der Waals surface area contributed by atoms with E-state index in [1.807, 2.05) is 66.4 Å². The predicted octanol–water partition coefficient (Wildman–Crippen LogP) is 5.96. The number of aromatic nitrogens is 1. The highest BCUT2D eigenvalue weighted by molar-refractivity contribution is 6.07. The van der Waals surface area contributed by atoms with Crippen LogP contribution in [0.2, 0.25) is 0 Å². The summed E-state index contributed by atoms with van der Waals surface area (Å²) in [6, 6.07) is 26.5. The van der Waals surface area contributed by atoms with Crippen LogP contribution >= 0.6 is 0 Å². The fourth-order valence-electron chi connectivity index (χ4n) is 4.89. The van der Waals surface area contributed by atoms with E-state index in [-0.39, 0.29) is 11.9 Å². The fourth-order valence-corrected chi connectivity index (χ4v) is 4.89. The van der Waals surface area contributed by atoms with Crippen molar-refractivity contribution in [3.63, 3.8) is 0 Å². The lowest BCUT2D eigenvalue weighted by molar-refractivity contribution is 0.0728. The van der Waals surface area contributed by atoms with Gasteiger partial charge in [-0.3, -0.25) is 4.79 Å². The molecule has 35 heavy (non-hydrogen) atoms. The average Bonchev–Trinajstić information content (AvgIpc) is 2.88. The average molecular weight is 466 g/mol. The molecule has 5 heteroatoms. The lowest BCUT2D eigenvalue weighted by Gasteiger charge is -2.41. The van der Waals surface area contributed by atoms with Gasteiger partial charge in [0.2, 0.25) is 0 Å². The van der Waals surface area contributed by atoms with Crippen LogP contribution in [-0.2, 0) is 0 Å². The number of para-hydroxylation sites is 1. The molecule has 1 aliphatic rings. The quantitative estimate of drug-likeness (QED) is 0.365. The van der Waals surface area contributed by atoms with E-state index in [1.54, 1.807) is 0 Å². The number of piperazine rings is 1. The van der Waals surface area contributed by atoms with Crippen LogP contribution in [0.5, 0.6) is 5.75 Å². The molecule has 5 nitrogen and oxygen atoms in total. The third-order valence-electron chi connectivity index (χ3n) is 6.66. The Morgan fingerprint density at radius 2 is 1.80 bits per heavy atom. The summed E-state index contributed by atoms with van der Waals surface area (Å²) in [5.41, 5.74) is 5.76. The fraction of sp³-hybridized carbons (Fsp3) is 0.267. The van der Waals surface area contributed by atoms with Crippen molar-refractivity contribution in [2.75, 3.05) is 31.1 Å². The molecule has 1 fully saturated rings. The van der Waals surface area contributed by atoms with Crippen molar-refractivity contribution in [2.24, 2.45) is 0 Å². The molecule has 0 saturated carbocycles. The van der Waals surface area contributed by atoms with E-state index in [4.69, 9.17) is 9.72 Å². The monoisotopic (exact) mass is 465 g/mol. The van der Waals surface area contributed by atoms with Crippen molar-refractivity contribution >= 4 is 22.5 Å². The van der Waals surface area contributed by atoms with Gasteiger partial charge in [-0.05, 0) is 74.9 Å². The smallest absolute Gasteiger partial charge is 0.254 e. The number of hydrogen-bond donors (Lipinski definition) is 0. The predicted molar refractivity (Wildman–Crippen MR) is 142 cm³/mol. The van der Waals surface area contributed by atoms with Gasteiger partial charge >= 0.3 is 0 Å². The maximum atomic E-state index is 13.8. The van der Waals surface area contributed by atoms with Gasteiger partial charge < -0.3 is 14.5 Å². The van der Waals surface area contributed by atoms with Gasteiger partial charge in [-0.15, -0.1) is 0 Å². The molecule has 1 amide bonds. The van der Waals surface area contributed by atoms with Crippen molar-refractivity contribution in [2.45, 2.75) is 26.8 Å². The van der Waals surface area contributed by atoms with Gasteiger partial charge in [-0.1, -0.05) is 30.3 Å². The van der Waals surface area contributed by atoms with E-state index in [2.05, 4.69) is 43.0 Å². The minimum atomic E-state index is 0.0616. The zero-order valence-electron chi connectivity index (χ0n) is 20.6. The molecule has 178 valence electrons. The number of fused-ring (bicyclic) bond motifs is 1. The molecule has 0 aliphatic carbocycles. The molecular weight excluding hydrogens is 434 g/mol. The molecule has 1 saturated heterocycles. The number of ether oxygens (including phenoxy) is 1. The van der Waals surface area contributed by atoms with Crippen LogP contribution in [-0.4, -0.2) is 48.1 Å². The maximum Gasteiger partial charge on any atom is 0.254 e. The van der Waals surface area contributed by atoms with Gasteiger partial charge in [0, 0.05) is 42.3 Å². The number of pyridine rings is 1. The number of carbonyl (C=O) groups excluding carboxylic acids is 1.